The summed E-state index contributed by atoms with van der Waals surface area (Å²) in [6.45, 7) is 5.44. The molecule has 1 unspecified atom stereocenters. The molecule has 0 saturated carbocycles. The Kier molecular flexibility index (Phi) is 7.73. The zero-order valence-corrected chi connectivity index (χ0v) is 12.8. The van der Waals surface area contributed by atoms with Crippen molar-refractivity contribution in [2.24, 2.45) is 0 Å². The van der Waals surface area contributed by atoms with Gasteiger partial charge in [0, 0.05) is 16.1 Å². The topological polar surface area (TPSA) is 12.0 Å². The molecule has 3 heteroatoms. The van der Waals surface area contributed by atoms with E-state index >= 15 is 0 Å². The van der Waals surface area contributed by atoms with Gasteiger partial charge < -0.3 is 5.32 Å². The van der Waals surface area contributed by atoms with Gasteiger partial charge in [-0.15, -0.1) is 0 Å². The summed E-state index contributed by atoms with van der Waals surface area (Å²) in [5, 5.41) is 5.02. The van der Waals surface area contributed by atoms with Crippen molar-refractivity contribution in [2.75, 3.05) is 6.54 Å². The van der Waals surface area contributed by atoms with Gasteiger partial charge in [0.25, 0.3) is 0 Å². The van der Waals surface area contributed by atoms with Gasteiger partial charge in [0.15, 0.2) is 0 Å². The molecule has 102 valence electrons. The fourth-order valence-corrected chi connectivity index (χ4v) is 2.62. The van der Waals surface area contributed by atoms with E-state index in [0.717, 1.165) is 29.4 Å². The van der Waals surface area contributed by atoms with Crippen LogP contribution in [0.4, 0.5) is 0 Å². The van der Waals surface area contributed by atoms with Gasteiger partial charge in [-0.25, -0.2) is 0 Å². The van der Waals surface area contributed by atoms with Gasteiger partial charge in [0.05, 0.1) is 0 Å². The van der Waals surface area contributed by atoms with Crippen molar-refractivity contribution < 1.29 is 0 Å². The minimum absolute atomic E-state index is 0.368. The minimum atomic E-state index is 0.368. The lowest BCUT2D eigenvalue weighted by Gasteiger charge is -2.19. The van der Waals surface area contributed by atoms with Crippen LogP contribution in [-0.2, 0) is 0 Å². The fraction of sp³-hybridized carbons (Fsp3) is 0.600. The number of benzene rings is 1. The van der Waals surface area contributed by atoms with Crippen LogP contribution in [0.3, 0.4) is 0 Å². The standard InChI is InChI=1S/C15H23Cl2N/c1-3-5-6-7-15(18-8-4-2)12-9-13(16)11-14(17)10-12/h9-11,15,18H,3-8H2,1-2H3. The van der Waals surface area contributed by atoms with E-state index in [0.29, 0.717) is 6.04 Å². The number of unbranched alkanes of at least 4 members (excludes halogenated alkanes) is 2. The van der Waals surface area contributed by atoms with E-state index in [9.17, 15) is 0 Å². The van der Waals surface area contributed by atoms with Crippen LogP contribution in [-0.4, -0.2) is 6.54 Å². The molecule has 1 rings (SSSR count). The molecule has 1 atom stereocenters. The molecule has 1 N–H and O–H groups in total. The summed E-state index contributed by atoms with van der Waals surface area (Å²) in [4.78, 5) is 0. The predicted molar refractivity (Wildman–Crippen MR) is 81.6 cm³/mol. The summed E-state index contributed by atoms with van der Waals surface area (Å²) in [6.07, 6.45) is 6.04. The van der Waals surface area contributed by atoms with Gasteiger partial charge in [0.2, 0.25) is 0 Å². The third-order valence-electron chi connectivity index (χ3n) is 3.02. The van der Waals surface area contributed by atoms with E-state index in [1.807, 2.05) is 12.1 Å². The van der Waals surface area contributed by atoms with Gasteiger partial charge in [-0.1, -0.05) is 56.3 Å². The summed E-state index contributed by atoms with van der Waals surface area (Å²) in [5.41, 5.74) is 1.21. The number of rotatable bonds is 8. The predicted octanol–water partition coefficient (Wildman–Crippen LogP) is 5.61. The Morgan fingerprint density at radius 1 is 1.00 bits per heavy atom. The van der Waals surface area contributed by atoms with Crippen molar-refractivity contribution in [1.82, 2.24) is 5.32 Å². The second-order valence-corrected chi connectivity index (χ2v) is 5.58. The van der Waals surface area contributed by atoms with E-state index in [1.54, 1.807) is 6.07 Å². The second kappa shape index (κ2) is 8.79. The molecule has 0 spiro atoms. The van der Waals surface area contributed by atoms with Crippen LogP contribution in [0.1, 0.15) is 57.6 Å². The molecular formula is C15H23Cl2N. The normalized spacial score (nSPS) is 12.7. The molecule has 0 amide bonds. The van der Waals surface area contributed by atoms with Crippen LogP contribution in [0.25, 0.3) is 0 Å². The molecule has 0 aliphatic rings. The molecule has 0 fully saturated rings. The maximum atomic E-state index is 6.08. The van der Waals surface area contributed by atoms with Crippen molar-refractivity contribution in [3.63, 3.8) is 0 Å². The van der Waals surface area contributed by atoms with Gasteiger partial charge in [-0.05, 0) is 43.1 Å². The van der Waals surface area contributed by atoms with Crippen molar-refractivity contribution >= 4 is 23.2 Å². The summed E-state index contributed by atoms with van der Waals surface area (Å²) in [7, 11) is 0. The van der Waals surface area contributed by atoms with E-state index < -0.39 is 0 Å². The summed E-state index contributed by atoms with van der Waals surface area (Å²) < 4.78 is 0. The summed E-state index contributed by atoms with van der Waals surface area (Å²) in [5.74, 6) is 0. The third-order valence-corrected chi connectivity index (χ3v) is 3.46. The van der Waals surface area contributed by atoms with Crippen LogP contribution in [0.2, 0.25) is 10.0 Å². The molecule has 18 heavy (non-hydrogen) atoms. The average molecular weight is 288 g/mol. The highest BCUT2D eigenvalue weighted by molar-refractivity contribution is 6.34. The molecule has 0 bridgehead atoms. The minimum Gasteiger partial charge on any atom is -0.310 e. The lowest BCUT2D eigenvalue weighted by atomic mass is 10.0. The molecule has 0 aliphatic carbocycles. The van der Waals surface area contributed by atoms with Crippen LogP contribution in [0.15, 0.2) is 18.2 Å². The van der Waals surface area contributed by atoms with Gasteiger partial charge in [-0.3, -0.25) is 0 Å². The lowest BCUT2D eigenvalue weighted by molar-refractivity contribution is 0.474. The quantitative estimate of drug-likeness (QED) is 0.613. The Labute approximate surface area is 121 Å². The highest BCUT2D eigenvalue weighted by Crippen LogP contribution is 2.26. The molecule has 0 aromatic heterocycles. The lowest BCUT2D eigenvalue weighted by Crippen LogP contribution is -2.22. The Morgan fingerprint density at radius 3 is 2.22 bits per heavy atom. The number of hydrogen-bond donors (Lipinski definition) is 1. The Hall–Kier alpha value is -0.240. The Morgan fingerprint density at radius 2 is 1.67 bits per heavy atom. The average Bonchev–Trinajstić information content (AvgIpc) is 2.32. The summed E-state index contributed by atoms with van der Waals surface area (Å²) >= 11 is 12.2. The second-order valence-electron chi connectivity index (χ2n) is 4.71. The van der Waals surface area contributed by atoms with E-state index in [2.05, 4.69) is 19.2 Å². The fourth-order valence-electron chi connectivity index (χ4n) is 2.08. The summed E-state index contributed by atoms with van der Waals surface area (Å²) in [6, 6.07) is 6.20. The molecule has 0 saturated heterocycles. The maximum Gasteiger partial charge on any atom is 0.0424 e. The first-order valence-corrected chi connectivity index (χ1v) is 7.62. The van der Waals surface area contributed by atoms with Gasteiger partial charge >= 0.3 is 0 Å². The van der Waals surface area contributed by atoms with Crippen molar-refractivity contribution in [3.8, 4) is 0 Å². The monoisotopic (exact) mass is 287 g/mol. The van der Waals surface area contributed by atoms with Crippen molar-refractivity contribution in [3.05, 3.63) is 33.8 Å². The maximum absolute atomic E-state index is 6.08. The van der Waals surface area contributed by atoms with E-state index in [-0.39, 0.29) is 0 Å². The Bertz CT molecular complexity index is 332. The molecule has 0 radical (unpaired) electrons. The van der Waals surface area contributed by atoms with Crippen molar-refractivity contribution in [1.29, 1.82) is 0 Å². The van der Waals surface area contributed by atoms with Crippen LogP contribution < -0.4 is 5.32 Å². The Balaban J connectivity index is 2.72. The highest BCUT2D eigenvalue weighted by Gasteiger charge is 2.11. The highest BCUT2D eigenvalue weighted by atomic mass is 35.5. The SMILES string of the molecule is CCCCCC(NCCC)c1cc(Cl)cc(Cl)c1. The molecule has 1 aromatic rings. The molecule has 1 aromatic carbocycles. The largest absolute Gasteiger partial charge is 0.310 e. The van der Waals surface area contributed by atoms with Crippen molar-refractivity contribution in [2.45, 2.75) is 52.0 Å². The van der Waals surface area contributed by atoms with Crippen LogP contribution in [0.5, 0.6) is 0 Å². The molecule has 1 nitrogen and oxygen atoms in total. The zero-order valence-electron chi connectivity index (χ0n) is 11.3. The van der Waals surface area contributed by atoms with E-state index in [4.69, 9.17) is 23.2 Å². The molecule has 0 heterocycles. The molecule has 0 aliphatic heterocycles. The van der Waals surface area contributed by atoms with Gasteiger partial charge in [0.1, 0.15) is 0 Å². The number of hydrogen-bond acceptors (Lipinski definition) is 1. The smallest absolute Gasteiger partial charge is 0.0424 e. The van der Waals surface area contributed by atoms with Gasteiger partial charge in [-0.2, -0.15) is 0 Å². The first-order valence-electron chi connectivity index (χ1n) is 6.86. The van der Waals surface area contributed by atoms with Crippen LogP contribution in [0, 0.1) is 0 Å². The number of nitrogens with one attached hydrogen (secondary N) is 1. The molecular weight excluding hydrogens is 265 g/mol. The first kappa shape index (κ1) is 15.8. The van der Waals surface area contributed by atoms with E-state index in [1.165, 1.54) is 24.8 Å². The third kappa shape index (κ3) is 5.60. The zero-order chi connectivity index (χ0) is 13.4. The first-order chi connectivity index (χ1) is 8.67. The number of halogens is 2. The van der Waals surface area contributed by atoms with Crippen LogP contribution >= 0.6 is 23.2 Å².